The predicted molar refractivity (Wildman–Crippen MR) is 82.1 cm³/mol. The van der Waals surface area contributed by atoms with Crippen molar-refractivity contribution >= 4 is 33.2 Å². The third kappa shape index (κ3) is 3.74. The molecule has 1 heterocycles. The molecule has 0 aromatic heterocycles. The van der Waals surface area contributed by atoms with Gasteiger partial charge in [0.1, 0.15) is 4.90 Å². The highest BCUT2D eigenvalue weighted by Gasteiger charge is 2.25. The minimum absolute atomic E-state index is 0.0103. The van der Waals surface area contributed by atoms with Gasteiger partial charge in [-0.25, -0.2) is 13.1 Å². The zero-order chi connectivity index (χ0) is 15.6. The van der Waals surface area contributed by atoms with Crippen molar-refractivity contribution in [3.05, 3.63) is 22.7 Å². The van der Waals surface area contributed by atoms with Gasteiger partial charge >= 0.3 is 0 Å². The lowest BCUT2D eigenvalue weighted by atomic mass is 10.2. The molecular weight excluding hydrogens is 314 g/mol. The molecule has 1 aliphatic rings. The van der Waals surface area contributed by atoms with E-state index in [-0.39, 0.29) is 28.2 Å². The largest absolute Gasteiger partial charge is 0.325 e. The van der Waals surface area contributed by atoms with Gasteiger partial charge in [-0.2, -0.15) is 0 Å². The number of carbonyl (C=O) groups excluding carboxylic acids is 1. The van der Waals surface area contributed by atoms with Gasteiger partial charge in [-0.3, -0.25) is 4.79 Å². The Hall–Kier alpha value is -1.15. The van der Waals surface area contributed by atoms with Crippen LogP contribution in [0.3, 0.4) is 0 Å². The third-order valence-corrected chi connectivity index (χ3v) is 5.14. The van der Waals surface area contributed by atoms with Crippen molar-refractivity contribution in [1.82, 2.24) is 10.0 Å². The Kier molecular flexibility index (Phi) is 4.88. The number of halogens is 1. The molecule has 1 aromatic carbocycles. The first kappa shape index (κ1) is 16.2. The highest BCUT2D eigenvalue weighted by molar-refractivity contribution is 7.89. The summed E-state index contributed by atoms with van der Waals surface area (Å²) in [6.45, 7) is 2.96. The van der Waals surface area contributed by atoms with Crippen LogP contribution < -0.4 is 15.4 Å². The number of anilines is 1. The molecule has 0 aliphatic carbocycles. The summed E-state index contributed by atoms with van der Waals surface area (Å²) in [6, 6.07) is 2.94. The van der Waals surface area contributed by atoms with E-state index in [1.165, 1.54) is 12.1 Å². The molecule has 0 radical (unpaired) electrons. The Morgan fingerprint density at radius 1 is 1.38 bits per heavy atom. The Balaban J connectivity index is 2.21. The Labute approximate surface area is 129 Å². The van der Waals surface area contributed by atoms with Crippen molar-refractivity contribution in [3.8, 4) is 0 Å². The number of amides is 1. The number of nitrogens with one attached hydrogen (secondary N) is 3. The SMILES string of the molecule is CNCC(C)CNS(=O)(=O)c1cc2c(cc1Cl)NC(=O)C2. The summed E-state index contributed by atoms with van der Waals surface area (Å²) in [7, 11) is -1.88. The molecule has 8 heteroatoms. The molecule has 2 rings (SSSR count). The van der Waals surface area contributed by atoms with Crippen LogP contribution in [0.2, 0.25) is 5.02 Å². The maximum Gasteiger partial charge on any atom is 0.242 e. The fourth-order valence-corrected chi connectivity index (χ4v) is 3.92. The van der Waals surface area contributed by atoms with E-state index in [0.717, 1.165) is 0 Å². The van der Waals surface area contributed by atoms with Crippen molar-refractivity contribution in [2.45, 2.75) is 18.2 Å². The molecule has 1 aromatic rings. The molecular formula is C13H18ClN3O3S. The number of benzene rings is 1. The second kappa shape index (κ2) is 6.31. The number of hydrogen-bond donors (Lipinski definition) is 3. The number of carbonyl (C=O) groups is 1. The van der Waals surface area contributed by atoms with E-state index in [2.05, 4.69) is 15.4 Å². The Bertz CT molecular complexity index is 661. The molecule has 3 N–H and O–H groups in total. The lowest BCUT2D eigenvalue weighted by molar-refractivity contribution is -0.115. The predicted octanol–water partition coefficient (Wildman–Crippen LogP) is 0.968. The normalized spacial score (nSPS) is 15.7. The van der Waals surface area contributed by atoms with Crippen LogP contribution in [0.15, 0.2) is 17.0 Å². The average Bonchev–Trinajstić information content (AvgIpc) is 2.75. The van der Waals surface area contributed by atoms with Gasteiger partial charge in [0.15, 0.2) is 0 Å². The van der Waals surface area contributed by atoms with Gasteiger partial charge in [-0.15, -0.1) is 0 Å². The Morgan fingerprint density at radius 3 is 2.76 bits per heavy atom. The van der Waals surface area contributed by atoms with Gasteiger partial charge < -0.3 is 10.6 Å². The zero-order valence-corrected chi connectivity index (χ0v) is 13.4. The number of fused-ring (bicyclic) bond motifs is 1. The molecule has 0 spiro atoms. The van der Waals surface area contributed by atoms with E-state index < -0.39 is 10.0 Å². The second-order valence-electron chi connectivity index (χ2n) is 5.18. The molecule has 116 valence electrons. The zero-order valence-electron chi connectivity index (χ0n) is 11.9. The first-order chi connectivity index (χ1) is 9.83. The first-order valence-corrected chi connectivity index (χ1v) is 8.46. The monoisotopic (exact) mass is 331 g/mol. The van der Waals surface area contributed by atoms with Crippen LogP contribution in [0, 0.1) is 5.92 Å². The Morgan fingerprint density at radius 2 is 2.10 bits per heavy atom. The quantitative estimate of drug-likeness (QED) is 0.725. The van der Waals surface area contributed by atoms with E-state index in [0.29, 0.717) is 24.3 Å². The molecule has 0 saturated heterocycles. The van der Waals surface area contributed by atoms with Gasteiger partial charge in [0, 0.05) is 12.2 Å². The summed E-state index contributed by atoms with van der Waals surface area (Å²) < 4.78 is 27.2. The smallest absolute Gasteiger partial charge is 0.242 e. The molecule has 21 heavy (non-hydrogen) atoms. The van der Waals surface area contributed by atoms with Crippen LogP contribution >= 0.6 is 11.6 Å². The summed E-state index contributed by atoms with van der Waals surface area (Å²) in [4.78, 5) is 11.3. The topological polar surface area (TPSA) is 87.3 Å². The van der Waals surface area contributed by atoms with E-state index in [9.17, 15) is 13.2 Å². The summed E-state index contributed by atoms with van der Waals surface area (Å²) in [5.41, 5.74) is 1.22. The number of sulfonamides is 1. The maximum atomic E-state index is 12.3. The summed E-state index contributed by atoms with van der Waals surface area (Å²) in [5, 5.41) is 5.73. The van der Waals surface area contributed by atoms with E-state index in [1.807, 2.05) is 14.0 Å². The van der Waals surface area contributed by atoms with Crippen LogP contribution in [-0.4, -0.2) is 34.5 Å². The molecule has 1 aliphatic heterocycles. The standard InChI is InChI=1S/C13H18ClN3O3S/c1-8(6-15-2)7-16-21(19,20)12-3-9-4-13(18)17-11(9)5-10(12)14/h3,5,8,15-16H,4,6-7H2,1-2H3,(H,17,18). The number of hydrogen-bond acceptors (Lipinski definition) is 4. The van der Waals surface area contributed by atoms with Gasteiger partial charge in [-0.1, -0.05) is 18.5 Å². The molecule has 1 unspecified atom stereocenters. The summed E-state index contributed by atoms with van der Waals surface area (Å²) in [5.74, 6) is -0.00700. The second-order valence-corrected chi connectivity index (χ2v) is 7.32. The van der Waals surface area contributed by atoms with Crippen LogP contribution in [0.1, 0.15) is 12.5 Å². The molecule has 1 atom stereocenters. The van der Waals surface area contributed by atoms with Crippen molar-refractivity contribution in [1.29, 1.82) is 0 Å². The van der Waals surface area contributed by atoms with Crippen molar-refractivity contribution in [2.75, 3.05) is 25.5 Å². The van der Waals surface area contributed by atoms with Gasteiger partial charge in [0.05, 0.1) is 11.4 Å². The van der Waals surface area contributed by atoms with Gasteiger partial charge in [0.2, 0.25) is 15.9 Å². The molecule has 0 saturated carbocycles. The van der Waals surface area contributed by atoms with Crippen LogP contribution in [0.4, 0.5) is 5.69 Å². The minimum Gasteiger partial charge on any atom is -0.325 e. The third-order valence-electron chi connectivity index (χ3n) is 3.25. The highest BCUT2D eigenvalue weighted by atomic mass is 35.5. The van der Waals surface area contributed by atoms with E-state index >= 15 is 0 Å². The molecule has 6 nitrogen and oxygen atoms in total. The molecule has 0 bridgehead atoms. The fraction of sp³-hybridized carbons (Fsp3) is 0.462. The van der Waals surface area contributed by atoms with Crippen LogP contribution in [-0.2, 0) is 21.2 Å². The van der Waals surface area contributed by atoms with Crippen molar-refractivity contribution < 1.29 is 13.2 Å². The lowest BCUT2D eigenvalue weighted by Crippen LogP contribution is -2.32. The molecule has 1 amide bonds. The average molecular weight is 332 g/mol. The fourth-order valence-electron chi connectivity index (χ4n) is 2.18. The summed E-state index contributed by atoms with van der Waals surface area (Å²) >= 11 is 6.03. The van der Waals surface area contributed by atoms with Crippen molar-refractivity contribution in [3.63, 3.8) is 0 Å². The molecule has 0 fully saturated rings. The van der Waals surface area contributed by atoms with E-state index in [1.54, 1.807) is 0 Å². The van der Waals surface area contributed by atoms with Gasteiger partial charge in [-0.05, 0) is 37.2 Å². The lowest BCUT2D eigenvalue weighted by Gasteiger charge is -2.14. The minimum atomic E-state index is -3.69. The van der Waals surface area contributed by atoms with E-state index in [4.69, 9.17) is 11.6 Å². The van der Waals surface area contributed by atoms with Crippen molar-refractivity contribution in [2.24, 2.45) is 5.92 Å². The van der Waals surface area contributed by atoms with Gasteiger partial charge in [0.25, 0.3) is 0 Å². The first-order valence-electron chi connectivity index (χ1n) is 6.60. The maximum absolute atomic E-state index is 12.3. The highest BCUT2D eigenvalue weighted by Crippen LogP contribution is 2.32. The number of rotatable bonds is 6. The van der Waals surface area contributed by atoms with Crippen LogP contribution in [0.25, 0.3) is 0 Å². The summed E-state index contributed by atoms with van der Waals surface area (Å²) in [6.07, 6.45) is 0.172. The van der Waals surface area contributed by atoms with Crippen LogP contribution in [0.5, 0.6) is 0 Å².